The lowest BCUT2D eigenvalue weighted by Gasteiger charge is -2.25. The number of nitrogens with zero attached hydrogens (tertiary/aromatic N) is 2. The molecule has 0 saturated carbocycles. The molecule has 1 aliphatic rings. The average Bonchev–Trinajstić information content (AvgIpc) is 3.16. The number of amides is 1. The summed E-state index contributed by atoms with van der Waals surface area (Å²) in [5.41, 5.74) is 2.58. The second-order valence-electron chi connectivity index (χ2n) is 7.56. The third kappa shape index (κ3) is 14.5. The standard InChI is InChI=1S/C13H19BrN2O4S.C5H12N2.C2H4O2/c1-5-19-10(11-16-9(14)7-21-11)8(6-17)15-12(18)20-13(2,3)4;1-7-5-3-2-4-6-7;1-4-2-3/h6-8,10H,5H2,1-4H3,(H,15,18);6H,2-5H2,1H3;2H,1H3/t8-,10+;;/m1../s1. The van der Waals surface area contributed by atoms with Gasteiger partial charge in [0.25, 0.3) is 6.47 Å². The summed E-state index contributed by atoms with van der Waals surface area (Å²) in [7, 11) is 3.40. The fourth-order valence-corrected chi connectivity index (χ4v) is 3.71. The zero-order valence-electron chi connectivity index (χ0n) is 19.6. The molecule has 0 aromatic carbocycles. The van der Waals surface area contributed by atoms with Gasteiger partial charge in [-0.1, -0.05) is 0 Å². The van der Waals surface area contributed by atoms with E-state index >= 15 is 0 Å². The second kappa shape index (κ2) is 17.0. The number of methoxy groups -OCH3 is 1. The number of carbonyl (C=O) groups excluding carboxylic acids is 3. The Balaban J connectivity index is 0.000000712. The van der Waals surface area contributed by atoms with Gasteiger partial charge in [-0.25, -0.2) is 14.8 Å². The number of aromatic nitrogens is 1. The molecule has 184 valence electrons. The zero-order chi connectivity index (χ0) is 24.6. The number of hydrogen-bond acceptors (Lipinski definition) is 10. The monoisotopic (exact) mass is 538 g/mol. The van der Waals surface area contributed by atoms with E-state index in [2.05, 4.69) is 48.4 Å². The minimum atomic E-state index is -0.863. The Morgan fingerprint density at radius 3 is 2.41 bits per heavy atom. The molecule has 0 unspecified atom stereocenters. The van der Waals surface area contributed by atoms with Crippen LogP contribution in [-0.2, 0) is 23.8 Å². The first kappa shape index (κ1) is 30.4. The number of ether oxygens (including phenoxy) is 3. The molecular formula is C20H35BrN4O6S. The molecule has 0 bridgehead atoms. The van der Waals surface area contributed by atoms with Crippen molar-refractivity contribution in [3.63, 3.8) is 0 Å². The topological polar surface area (TPSA) is 119 Å². The number of hydrogen-bond donors (Lipinski definition) is 2. The normalized spacial score (nSPS) is 15.6. The van der Waals surface area contributed by atoms with Crippen LogP contribution in [0.2, 0.25) is 0 Å². The number of nitrogens with one attached hydrogen (secondary N) is 2. The quantitative estimate of drug-likeness (QED) is 0.504. The minimum Gasteiger partial charge on any atom is -0.471 e. The van der Waals surface area contributed by atoms with E-state index in [9.17, 15) is 9.59 Å². The van der Waals surface area contributed by atoms with Gasteiger partial charge >= 0.3 is 6.09 Å². The van der Waals surface area contributed by atoms with Crippen molar-refractivity contribution in [2.75, 3.05) is 33.9 Å². The molecule has 2 rings (SSSR count). The zero-order valence-corrected chi connectivity index (χ0v) is 22.0. The van der Waals surface area contributed by atoms with Gasteiger partial charge in [0, 0.05) is 32.1 Å². The molecule has 2 atom stereocenters. The summed E-state index contributed by atoms with van der Waals surface area (Å²) in [6.07, 6.45) is 2.00. The van der Waals surface area contributed by atoms with Crippen LogP contribution in [0, 0.1) is 0 Å². The van der Waals surface area contributed by atoms with E-state index in [1.807, 2.05) is 6.92 Å². The molecule has 0 radical (unpaired) electrons. The van der Waals surface area contributed by atoms with E-state index < -0.39 is 23.8 Å². The molecule has 0 spiro atoms. The molecule has 12 heteroatoms. The van der Waals surface area contributed by atoms with Crippen LogP contribution in [0.4, 0.5) is 4.79 Å². The van der Waals surface area contributed by atoms with Gasteiger partial charge in [-0.15, -0.1) is 11.3 Å². The summed E-state index contributed by atoms with van der Waals surface area (Å²) in [6.45, 7) is 10.2. The van der Waals surface area contributed by atoms with Gasteiger partial charge in [-0.3, -0.25) is 10.2 Å². The Kier molecular flexibility index (Phi) is 16.1. The van der Waals surface area contributed by atoms with Crippen molar-refractivity contribution in [3.05, 3.63) is 15.0 Å². The van der Waals surface area contributed by atoms with Gasteiger partial charge in [-0.05, 0) is 56.5 Å². The first-order valence-electron chi connectivity index (χ1n) is 10.2. The maximum atomic E-state index is 11.8. The van der Waals surface area contributed by atoms with Crippen LogP contribution in [-0.4, -0.2) is 74.3 Å². The minimum absolute atomic E-state index is 0.375. The van der Waals surface area contributed by atoms with Crippen molar-refractivity contribution < 1.29 is 28.6 Å². The SMILES string of the molecule is CCO[C@H](c1nc(Br)cs1)[C@@H](C=O)NC(=O)OC(C)(C)C.CN1CCCCN1.COC=O. The van der Waals surface area contributed by atoms with Gasteiger partial charge in [-0.2, -0.15) is 0 Å². The van der Waals surface area contributed by atoms with Crippen molar-refractivity contribution in [3.8, 4) is 0 Å². The van der Waals surface area contributed by atoms with Crippen molar-refractivity contribution in [2.24, 2.45) is 0 Å². The van der Waals surface area contributed by atoms with Gasteiger partial charge in [0.05, 0.1) is 7.11 Å². The van der Waals surface area contributed by atoms with Crippen LogP contribution in [0.3, 0.4) is 0 Å². The molecule has 2 heterocycles. The van der Waals surface area contributed by atoms with Crippen molar-refractivity contribution >= 4 is 46.1 Å². The predicted octanol–water partition coefficient (Wildman–Crippen LogP) is 3.08. The molecule has 1 aliphatic heterocycles. The van der Waals surface area contributed by atoms with Crippen molar-refractivity contribution in [2.45, 2.75) is 58.3 Å². The highest BCUT2D eigenvalue weighted by Crippen LogP contribution is 2.26. The maximum absolute atomic E-state index is 11.8. The molecule has 1 amide bonds. The van der Waals surface area contributed by atoms with Crippen LogP contribution in [0.5, 0.6) is 0 Å². The van der Waals surface area contributed by atoms with Crippen LogP contribution < -0.4 is 10.7 Å². The summed E-state index contributed by atoms with van der Waals surface area (Å²) in [5, 5.41) is 7.05. The molecule has 1 saturated heterocycles. The van der Waals surface area contributed by atoms with Gasteiger partial charge in [0.1, 0.15) is 33.6 Å². The van der Waals surface area contributed by atoms with E-state index in [1.54, 1.807) is 26.2 Å². The fourth-order valence-electron chi connectivity index (χ4n) is 2.35. The molecule has 2 N–H and O–H groups in total. The predicted molar refractivity (Wildman–Crippen MR) is 126 cm³/mol. The highest BCUT2D eigenvalue weighted by atomic mass is 79.9. The fraction of sp³-hybridized carbons (Fsp3) is 0.700. The number of alkyl carbamates (subject to hydrolysis) is 1. The smallest absolute Gasteiger partial charge is 0.408 e. The van der Waals surface area contributed by atoms with Crippen LogP contribution in [0.25, 0.3) is 0 Å². The molecule has 1 aromatic heterocycles. The maximum Gasteiger partial charge on any atom is 0.408 e. The van der Waals surface area contributed by atoms with Gasteiger partial charge in [0.15, 0.2) is 0 Å². The highest BCUT2D eigenvalue weighted by Gasteiger charge is 2.29. The number of thiazole rings is 1. The highest BCUT2D eigenvalue weighted by molar-refractivity contribution is 9.10. The van der Waals surface area contributed by atoms with E-state index in [0.29, 0.717) is 29.0 Å². The largest absolute Gasteiger partial charge is 0.471 e. The van der Waals surface area contributed by atoms with Gasteiger partial charge < -0.3 is 24.3 Å². The summed E-state index contributed by atoms with van der Waals surface area (Å²) in [6, 6.07) is -0.863. The Morgan fingerprint density at radius 1 is 1.41 bits per heavy atom. The number of hydrazine groups is 1. The summed E-state index contributed by atoms with van der Waals surface area (Å²) >= 11 is 4.60. The average molecular weight is 539 g/mol. The molecule has 0 aliphatic carbocycles. The molecular weight excluding hydrogens is 504 g/mol. The first-order valence-corrected chi connectivity index (χ1v) is 11.8. The number of carbonyl (C=O) groups is 3. The van der Waals surface area contributed by atoms with Crippen LogP contribution in [0.1, 0.15) is 51.6 Å². The summed E-state index contributed by atoms with van der Waals surface area (Å²) in [4.78, 5) is 36.3. The third-order valence-corrected chi connectivity index (χ3v) is 5.25. The van der Waals surface area contributed by atoms with E-state index in [0.717, 1.165) is 6.54 Å². The summed E-state index contributed by atoms with van der Waals surface area (Å²) < 4.78 is 15.2. The molecule has 32 heavy (non-hydrogen) atoms. The lowest BCUT2D eigenvalue weighted by molar-refractivity contribution is -0.126. The third-order valence-electron chi connectivity index (χ3n) is 3.64. The second-order valence-corrected chi connectivity index (χ2v) is 9.26. The van der Waals surface area contributed by atoms with Crippen LogP contribution >= 0.6 is 27.3 Å². The Morgan fingerprint density at radius 2 is 2.06 bits per heavy atom. The number of rotatable bonds is 7. The molecule has 1 aromatic rings. The Hall–Kier alpha value is -1.60. The molecule has 10 nitrogen and oxygen atoms in total. The number of halogens is 1. The van der Waals surface area contributed by atoms with E-state index in [-0.39, 0.29) is 0 Å². The first-order chi connectivity index (χ1) is 15.1. The van der Waals surface area contributed by atoms with Crippen molar-refractivity contribution in [1.29, 1.82) is 0 Å². The van der Waals surface area contributed by atoms with Crippen LogP contribution in [0.15, 0.2) is 9.98 Å². The van der Waals surface area contributed by atoms with E-state index in [1.165, 1.54) is 37.8 Å². The summed E-state index contributed by atoms with van der Waals surface area (Å²) in [5.74, 6) is 0. The lowest BCUT2D eigenvalue weighted by atomic mass is 10.2. The van der Waals surface area contributed by atoms with Crippen molar-refractivity contribution in [1.82, 2.24) is 20.7 Å². The number of aldehydes is 1. The van der Waals surface area contributed by atoms with E-state index in [4.69, 9.17) is 14.3 Å². The Bertz CT molecular complexity index is 665. The molecule has 1 fully saturated rings. The Labute approximate surface area is 202 Å². The van der Waals surface area contributed by atoms with Gasteiger partial charge in [0.2, 0.25) is 0 Å². The lowest BCUT2D eigenvalue weighted by Crippen LogP contribution is -2.44.